The summed E-state index contributed by atoms with van der Waals surface area (Å²) in [7, 11) is -2.20. The number of fused-ring (bicyclic) bond motifs is 1. The molecule has 4 rings (SSSR count). The number of ether oxygens (including phenoxy) is 1. The Morgan fingerprint density at radius 3 is 2.72 bits per heavy atom. The van der Waals surface area contributed by atoms with Gasteiger partial charge >= 0.3 is 0 Å². The van der Waals surface area contributed by atoms with E-state index in [1.54, 1.807) is 54.5 Å². The summed E-state index contributed by atoms with van der Waals surface area (Å²) in [6.07, 6.45) is 0.578. The van der Waals surface area contributed by atoms with Gasteiger partial charge in [0.25, 0.3) is 0 Å². The fourth-order valence-electron chi connectivity index (χ4n) is 3.90. The lowest BCUT2D eigenvalue weighted by Crippen LogP contribution is -2.34. The fourth-order valence-corrected chi connectivity index (χ4v) is 5.02. The second kappa shape index (κ2) is 8.99. The molecule has 8 heteroatoms. The van der Waals surface area contributed by atoms with E-state index in [1.807, 2.05) is 18.2 Å². The highest BCUT2D eigenvalue weighted by Crippen LogP contribution is 2.25. The van der Waals surface area contributed by atoms with Gasteiger partial charge in [0.15, 0.2) is 0 Å². The molecule has 0 unspecified atom stereocenters. The number of hydrogen-bond acceptors (Lipinski definition) is 5. The Bertz CT molecular complexity index is 1310. The van der Waals surface area contributed by atoms with Crippen LogP contribution in [0.4, 0.5) is 0 Å². The first kappa shape index (κ1) is 21.8. The second-order valence-electron chi connectivity index (χ2n) is 7.78. The van der Waals surface area contributed by atoms with Gasteiger partial charge < -0.3 is 9.64 Å². The summed E-state index contributed by atoms with van der Waals surface area (Å²) < 4.78 is 33.5. The second-order valence-corrected chi connectivity index (χ2v) is 9.55. The van der Waals surface area contributed by atoms with Crippen LogP contribution in [0.15, 0.2) is 65.6 Å². The van der Waals surface area contributed by atoms with Gasteiger partial charge in [-0.3, -0.25) is 4.79 Å². The van der Waals surface area contributed by atoms with Crippen LogP contribution in [-0.2, 0) is 21.4 Å². The molecule has 1 fully saturated rings. The zero-order valence-corrected chi connectivity index (χ0v) is 18.4. The number of benzene rings is 3. The van der Waals surface area contributed by atoms with Gasteiger partial charge in [0, 0.05) is 19.6 Å². The van der Waals surface area contributed by atoms with Crippen molar-refractivity contribution in [1.82, 2.24) is 9.62 Å². The van der Waals surface area contributed by atoms with Crippen LogP contribution in [0.2, 0.25) is 0 Å². The van der Waals surface area contributed by atoms with Crippen molar-refractivity contribution in [1.29, 1.82) is 5.26 Å². The number of nitrogens with zero attached hydrogens (tertiary/aromatic N) is 2. The summed E-state index contributed by atoms with van der Waals surface area (Å²) in [5, 5.41) is 10.7. The molecule has 0 spiro atoms. The minimum Gasteiger partial charge on any atom is -0.497 e. The highest BCUT2D eigenvalue weighted by atomic mass is 32.2. The Morgan fingerprint density at radius 2 is 1.94 bits per heavy atom. The molecule has 1 atom stereocenters. The molecule has 1 aliphatic rings. The molecular formula is C24H23N3O4S. The first-order valence-electron chi connectivity index (χ1n) is 10.2. The van der Waals surface area contributed by atoms with Crippen molar-refractivity contribution in [3.8, 4) is 11.8 Å². The lowest BCUT2D eigenvalue weighted by molar-refractivity contribution is -0.131. The van der Waals surface area contributed by atoms with Gasteiger partial charge in [-0.25, -0.2) is 13.1 Å². The molecule has 0 aromatic heterocycles. The number of carbonyl (C=O) groups excluding carboxylic acids is 1. The van der Waals surface area contributed by atoms with E-state index in [0.717, 1.165) is 16.3 Å². The predicted molar refractivity (Wildman–Crippen MR) is 120 cm³/mol. The monoisotopic (exact) mass is 449 g/mol. The number of methoxy groups -OCH3 is 1. The van der Waals surface area contributed by atoms with Crippen LogP contribution in [0.5, 0.6) is 5.75 Å². The molecule has 1 amide bonds. The summed E-state index contributed by atoms with van der Waals surface area (Å²) in [4.78, 5) is 14.6. The molecule has 1 N–H and O–H groups in total. The lowest BCUT2D eigenvalue weighted by atomic mass is 10.1. The molecule has 1 saturated heterocycles. The van der Waals surface area contributed by atoms with E-state index in [2.05, 4.69) is 10.8 Å². The number of rotatable bonds is 7. The molecule has 1 aliphatic heterocycles. The summed E-state index contributed by atoms with van der Waals surface area (Å²) in [5.74, 6) is 0.153. The molecule has 1 heterocycles. The van der Waals surface area contributed by atoms with Crippen molar-refractivity contribution in [2.45, 2.75) is 17.9 Å². The normalized spacial score (nSPS) is 16.3. The van der Waals surface area contributed by atoms with Crippen molar-refractivity contribution in [3.63, 3.8) is 0 Å². The van der Waals surface area contributed by atoms with Gasteiger partial charge in [0.1, 0.15) is 5.75 Å². The Morgan fingerprint density at radius 1 is 1.12 bits per heavy atom. The highest BCUT2D eigenvalue weighted by molar-refractivity contribution is 7.89. The van der Waals surface area contributed by atoms with Crippen LogP contribution in [0.1, 0.15) is 17.5 Å². The number of amides is 1. The van der Waals surface area contributed by atoms with Gasteiger partial charge in [-0.2, -0.15) is 5.26 Å². The van der Waals surface area contributed by atoms with Crippen molar-refractivity contribution >= 4 is 26.7 Å². The summed E-state index contributed by atoms with van der Waals surface area (Å²) in [5.41, 5.74) is 1.43. The summed E-state index contributed by atoms with van der Waals surface area (Å²) in [6, 6.07) is 19.6. The van der Waals surface area contributed by atoms with Crippen LogP contribution in [-0.4, -0.2) is 39.4 Å². The van der Waals surface area contributed by atoms with E-state index < -0.39 is 15.9 Å². The molecule has 3 aromatic rings. The maximum Gasteiger partial charge on any atom is 0.240 e. The highest BCUT2D eigenvalue weighted by Gasteiger charge is 2.32. The fraction of sp³-hybridized carbons (Fsp3) is 0.250. The number of carbonyl (C=O) groups is 1. The Balaban J connectivity index is 1.42. The third-order valence-electron chi connectivity index (χ3n) is 5.69. The first-order chi connectivity index (χ1) is 15.4. The molecule has 32 heavy (non-hydrogen) atoms. The summed E-state index contributed by atoms with van der Waals surface area (Å²) >= 11 is 0. The van der Waals surface area contributed by atoms with Gasteiger partial charge in [-0.15, -0.1) is 0 Å². The van der Waals surface area contributed by atoms with Crippen molar-refractivity contribution in [2.75, 3.05) is 20.2 Å². The molecule has 0 radical (unpaired) electrons. The first-order valence-corrected chi connectivity index (χ1v) is 11.7. The van der Waals surface area contributed by atoms with Gasteiger partial charge in [-0.05, 0) is 59.2 Å². The van der Waals surface area contributed by atoms with Crippen LogP contribution in [0.25, 0.3) is 10.8 Å². The Kier molecular flexibility index (Phi) is 6.12. The third kappa shape index (κ3) is 4.59. The number of nitrogens with one attached hydrogen (secondary N) is 1. The van der Waals surface area contributed by atoms with Crippen LogP contribution >= 0.6 is 0 Å². The lowest BCUT2D eigenvalue weighted by Gasteiger charge is -2.17. The maximum atomic E-state index is 12.8. The van der Waals surface area contributed by atoms with E-state index in [4.69, 9.17) is 10.00 Å². The topological polar surface area (TPSA) is 99.5 Å². The summed E-state index contributed by atoms with van der Waals surface area (Å²) in [6.45, 7) is 1.01. The van der Waals surface area contributed by atoms with E-state index in [9.17, 15) is 13.2 Å². The van der Waals surface area contributed by atoms with E-state index in [1.165, 1.54) is 0 Å². The van der Waals surface area contributed by atoms with Crippen molar-refractivity contribution in [3.05, 3.63) is 71.8 Å². The minimum atomic E-state index is -3.77. The molecule has 164 valence electrons. The zero-order valence-electron chi connectivity index (χ0n) is 17.6. The number of sulfonamides is 1. The molecular weight excluding hydrogens is 426 g/mol. The van der Waals surface area contributed by atoms with E-state index in [-0.39, 0.29) is 17.3 Å². The standard InChI is InChI=1S/C24H23N3O4S/c1-31-22-7-5-19-6-8-23(13-21(19)12-22)32(29,30)26-15-20-9-10-27(24(20)28)16-18-4-2-3-17(11-18)14-25/h2-8,11-13,20,26H,9-10,15-16H2,1H3/t20-/m0/s1. The van der Waals surface area contributed by atoms with Crippen LogP contribution in [0.3, 0.4) is 0 Å². The van der Waals surface area contributed by atoms with Gasteiger partial charge in [-0.1, -0.05) is 24.3 Å². The van der Waals surface area contributed by atoms with Crippen LogP contribution in [0, 0.1) is 17.2 Å². The van der Waals surface area contributed by atoms with Crippen molar-refractivity contribution in [2.24, 2.45) is 5.92 Å². The van der Waals surface area contributed by atoms with Crippen molar-refractivity contribution < 1.29 is 17.9 Å². The Labute approximate surface area is 187 Å². The maximum absolute atomic E-state index is 12.8. The average Bonchev–Trinajstić information content (AvgIpc) is 3.16. The Hall–Kier alpha value is -3.41. The quantitative estimate of drug-likeness (QED) is 0.598. The SMILES string of the molecule is COc1ccc2ccc(S(=O)(=O)NC[C@@H]3CCN(Cc4cccc(C#N)c4)C3=O)cc2c1. The largest absolute Gasteiger partial charge is 0.497 e. The predicted octanol–water partition coefficient (Wildman–Crippen LogP) is 3.05. The number of nitriles is 1. The molecule has 0 aliphatic carbocycles. The zero-order chi connectivity index (χ0) is 22.7. The smallest absolute Gasteiger partial charge is 0.240 e. The third-order valence-corrected chi connectivity index (χ3v) is 7.11. The van der Waals surface area contributed by atoms with Gasteiger partial charge in [0.2, 0.25) is 15.9 Å². The van der Waals surface area contributed by atoms with E-state index in [0.29, 0.717) is 30.8 Å². The average molecular weight is 450 g/mol. The number of likely N-dealkylation sites (tertiary alicyclic amines) is 1. The molecule has 7 nitrogen and oxygen atoms in total. The van der Waals surface area contributed by atoms with E-state index >= 15 is 0 Å². The molecule has 0 saturated carbocycles. The number of hydrogen-bond donors (Lipinski definition) is 1. The van der Waals surface area contributed by atoms with Gasteiger partial charge in [0.05, 0.1) is 29.6 Å². The molecule has 0 bridgehead atoms. The minimum absolute atomic E-state index is 0.0477. The molecule has 3 aromatic carbocycles. The van der Waals surface area contributed by atoms with Crippen LogP contribution < -0.4 is 9.46 Å².